The first kappa shape index (κ1) is 20.6. The second-order valence-electron chi connectivity index (χ2n) is 8.53. The van der Waals surface area contributed by atoms with Gasteiger partial charge >= 0.3 is 6.09 Å². The van der Waals surface area contributed by atoms with Gasteiger partial charge in [0.05, 0.1) is 18.1 Å². The molecule has 3 amide bonds. The van der Waals surface area contributed by atoms with Crippen LogP contribution >= 0.6 is 0 Å². The van der Waals surface area contributed by atoms with Crippen LogP contribution in [0.5, 0.6) is 0 Å². The van der Waals surface area contributed by atoms with Crippen molar-refractivity contribution < 1.29 is 29.0 Å². The average molecular weight is 395 g/mol. The van der Waals surface area contributed by atoms with E-state index in [-0.39, 0.29) is 42.3 Å². The first-order valence-electron chi connectivity index (χ1n) is 9.67. The van der Waals surface area contributed by atoms with Gasteiger partial charge in [0.1, 0.15) is 11.8 Å². The van der Waals surface area contributed by atoms with Gasteiger partial charge in [0, 0.05) is 25.9 Å². The SMILES string of the molecule is CN(NC(=O)CCCCN1C(=O)C2C3C=CC(O3)C2C1O)C(=O)OC(C)(C)C. The fourth-order valence-electron chi connectivity index (χ4n) is 3.96. The van der Waals surface area contributed by atoms with E-state index in [1.54, 1.807) is 20.8 Å². The number of hydrazine groups is 1. The van der Waals surface area contributed by atoms with Crippen LogP contribution in [0.1, 0.15) is 40.0 Å². The van der Waals surface area contributed by atoms with Gasteiger partial charge in [-0.05, 0) is 33.6 Å². The van der Waals surface area contributed by atoms with Crippen LogP contribution in [0.25, 0.3) is 0 Å². The van der Waals surface area contributed by atoms with Crippen LogP contribution in [-0.2, 0) is 19.1 Å². The van der Waals surface area contributed by atoms with E-state index >= 15 is 0 Å². The molecular formula is C19H29N3O6. The second kappa shape index (κ2) is 7.71. The minimum absolute atomic E-state index is 0.0801. The fraction of sp³-hybridized carbons (Fsp3) is 0.737. The minimum Gasteiger partial charge on any atom is -0.442 e. The van der Waals surface area contributed by atoms with Gasteiger partial charge in [-0.3, -0.25) is 15.0 Å². The van der Waals surface area contributed by atoms with Gasteiger partial charge < -0.3 is 19.5 Å². The highest BCUT2D eigenvalue weighted by atomic mass is 16.6. The number of carbonyl (C=O) groups is 3. The van der Waals surface area contributed by atoms with Crippen LogP contribution in [0.4, 0.5) is 4.79 Å². The number of ether oxygens (including phenoxy) is 2. The Morgan fingerprint density at radius 2 is 1.96 bits per heavy atom. The van der Waals surface area contributed by atoms with Gasteiger partial charge in [-0.2, -0.15) is 0 Å². The van der Waals surface area contributed by atoms with E-state index in [9.17, 15) is 19.5 Å². The molecule has 2 fully saturated rings. The molecule has 3 rings (SSSR count). The Bertz CT molecular complexity index is 673. The molecular weight excluding hydrogens is 366 g/mol. The Labute approximate surface area is 164 Å². The van der Waals surface area contributed by atoms with E-state index in [4.69, 9.17) is 9.47 Å². The van der Waals surface area contributed by atoms with Crippen molar-refractivity contribution in [3.05, 3.63) is 12.2 Å². The molecule has 2 saturated heterocycles. The Morgan fingerprint density at radius 1 is 1.29 bits per heavy atom. The summed E-state index contributed by atoms with van der Waals surface area (Å²) < 4.78 is 10.8. The summed E-state index contributed by atoms with van der Waals surface area (Å²) in [5.41, 5.74) is 1.82. The van der Waals surface area contributed by atoms with Crippen LogP contribution in [0.2, 0.25) is 0 Å². The van der Waals surface area contributed by atoms with Crippen molar-refractivity contribution in [2.24, 2.45) is 11.8 Å². The van der Waals surface area contributed by atoms with E-state index in [2.05, 4.69) is 5.43 Å². The number of nitrogens with one attached hydrogen (secondary N) is 1. The number of unbranched alkanes of at least 4 members (excludes halogenated alkanes) is 1. The van der Waals surface area contributed by atoms with E-state index in [0.717, 1.165) is 5.01 Å². The summed E-state index contributed by atoms with van der Waals surface area (Å²) in [7, 11) is 1.42. The Hall–Kier alpha value is -2.13. The third-order valence-corrected chi connectivity index (χ3v) is 5.20. The molecule has 0 aromatic carbocycles. The Balaban J connectivity index is 1.37. The molecule has 0 aliphatic carbocycles. The molecule has 0 aromatic heterocycles. The summed E-state index contributed by atoms with van der Waals surface area (Å²) in [5.74, 6) is -0.887. The molecule has 5 unspecified atom stereocenters. The van der Waals surface area contributed by atoms with Gasteiger partial charge in [-0.25, -0.2) is 9.80 Å². The molecule has 3 aliphatic heterocycles. The molecule has 0 saturated carbocycles. The summed E-state index contributed by atoms with van der Waals surface area (Å²) >= 11 is 0. The lowest BCUT2D eigenvalue weighted by atomic mass is 9.85. The summed E-state index contributed by atoms with van der Waals surface area (Å²) in [5, 5.41) is 11.5. The maximum absolute atomic E-state index is 12.6. The van der Waals surface area contributed by atoms with Crippen molar-refractivity contribution in [1.82, 2.24) is 15.3 Å². The van der Waals surface area contributed by atoms with E-state index in [0.29, 0.717) is 19.4 Å². The van der Waals surface area contributed by atoms with Crippen LogP contribution < -0.4 is 5.43 Å². The lowest BCUT2D eigenvalue weighted by molar-refractivity contribution is -0.138. The summed E-state index contributed by atoms with van der Waals surface area (Å²) in [4.78, 5) is 37.9. The smallest absolute Gasteiger partial charge is 0.428 e. The third kappa shape index (κ3) is 4.15. The highest BCUT2D eigenvalue weighted by Gasteiger charge is 2.59. The molecule has 3 aliphatic rings. The van der Waals surface area contributed by atoms with Crippen molar-refractivity contribution in [3.63, 3.8) is 0 Å². The van der Waals surface area contributed by atoms with Gasteiger partial charge in [0.15, 0.2) is 0 Å². The summed E-state index contributed by atoms with van der Waals surface area (Å²) in [6.07, 6.45) is 3.23. The lowest BCUT2D eigenvalue weighted by Gasteiger charge is -2.25. The first-order chi connectivity index (χ1) is 13.1. The highest BCUT2D eigenvalue weighted by molar-refractivity contribution is 5.84. The van der Waals surface area contributed by atoms with Crippen LogP contribution in [-0.4, -0.2) is 70.6 Å². The van der Waals surface area contributed by atoms with E-state index < -0.39 is 17.9 Å². The molecule has 9 heteroatoms. The van der Waals surface area contributed by atoms with Crippen molar-refractivity contribution >= 4 is 17.9 Å². The molecule has 0 spiro atoms. The number of fused-ring (bicyclic) bond motifs is 5. The topological polar surface area (TPSA) is 108 Å². The van der Waals surface area contributed by atoms with Gasteiger partial charge in [-0.1, -0.05) is 12.2 Å². The van der Waals surface area contributed by atoms with Crippen molar-refractivity contribution in [3.8, 4) is 0 Å². The summed E-state index contributed by atoms with van der Waals surface area (Å²) in [6.45, 7) is 5.63. The van der Waals surface area contributed by atoms with Crippen molar-refractivity contribution in [2.45, 2.75) is 64.1 Å². The van der Waals surface area contributed by atoms with Crippen molar-refractivity contribution in [1.29, 1.82) is 0 Å². The quantitative estimate of drug-likeness (QED) is 0.405. The number of aliphatic hydroxyl groups excluding tert-OH is 1. The number of hydrogen-bond donors (Lipinski definition) is 2. The molecule has 5 atom stereocenters. The van der Waals surface area contributed by atoms with Crippen LogP contribution in [0.15, 0.2) is 12.2 Å². The maximum Gasteiger partial charge on any atom is 0.428 e. The normalized spacial score (nSPS) is 30.5. The van der Waals surface area contributed by atoms with Gasteiger partial charge in [-0.15, -0.1) is 0 Å². The number of hydrogen-bond acceptors (Lipinski definition) is 6. The summed E-state index contributed by atoms with van der Waals surface area (Å²) in [6, 6.07) is 0. The number of amides is 3. The number of aliphatic hydroxyl groups is 1. The van der Waals surface area contributed by atoms with Crippen molar-refractivity contribution in [2.75, 3.05) is 13.6 Å². The van der Waals surface area contributed by atoms with Crippen LogP contribution in [0, 0.1) is 11.8 Å². The largest absolute Gasteiger partial charge is 0.442 e. The van der Waals surface area contributed by atoms with E-state index in [1.165, 1.54) is 11.9 Å². The minimum atomic E-state index is -0.843. The predicted molar refractivity (Wildman–Crippen MR) is 98.5 cm³/mol. The average Bonchev–Trinajstić information content (AvgIpc) is 3.25. The van der Waals surface area contributed by atoms with Gasteiger partial charge in [0.2, 0.25) is 11.8 Å². The monoisotopic (exact) mass is 395 g/mol. The number of rotatable bonds is 5. The molecule has 156 valence electrons. The van der Waals surface area contributed by atoms with Gasteiger partial charge in [0.25, 0.3) is 0 Å². The Morgan fingerprint density at radius 3 is 2.61 bits per heavy atom. The number of carbonyl (C=O) groups excluding carboxylic acids is 3. The Kier molecular flexibility index (Phi) is 5.67. The molecule has 2 bridgehead atoms. The molecule has 2 N–H and O–H groups in total. The first-order valence-corrected chi connectivity index (χ1v) is 9.67. The zero-order valence-electron chi connectivity index (χ0n) is 16.8. The molecule has 3 heterocycles. The molecule has 0 aromatic rings. The zero-order chi connectivity index (χ0) is 20.6. The van der Waals surface area contributed by atoms with E-state index in [1.807, 2.05) is 12.2 Å². The fourth-order valence-corrected chi connectivity index (χ4v) is 3.96. The maximum atomic E-state index is 12.6. The lowest BCUT2D eigenvalue weighted by Crippen LogP contribution is -2.45. The molecule has 28 heavy (non-hydrogen) atoms. The molecule has 0 radical (unpaired) electrons. The standard InChI is InChI=1S/C19H29N3O6/c1-19(2,3)28-18(26)21(4)20-13(23)7-5-6-10-22-16(24)14-11-8-9-12(27-11)15(14)17(22)25/h8-9,11-12,14-16,24H,5-7,10H2,1-4H3,(H,20,23). The third-order valence-electron chi connectivity index (χ3n) is 5.20. The number of nitrogens with zero attached hydrogens (tertiary/aromatic N) is 2. The number of likely N-dealkylation sites (tertiary alicyclic amines) is 1. The highest BCUT2D eigenvalue weighted by Crippen LogP contribution is 2.46. The van der Waals surface area contributed by atoms with Crippen LogP contribution in [0.3, 0.4) is 0 Å². The predicted octanol–water partition coefficient (Wildman–Crippen LogP) is 0.785. The zero-order valence-corrected chi connectivity index (χ0v) is 16.8. The molecule has 9 nitrogen and oxygen atoms in total. The second-order valence-corrected chi connectivity index (χ2v) is 8.53.